The first-order valence-corrected chi connectivity index (χ1v) is 9.34. The molecule has 0 radical (unpaired) electrons. The summed E-state index contributed by atoms with van der Waals surface area (Å²) in [6.45, 7) is 0.472. The Morgan fingerprint density at radius 1 is 1.33 bits per heavy atom. The predicted octanol–water partition coefficient (Wildman–Crippen LogP) is 2.48. The van der Waals surface area contributed by atoms with Crippen molar-refractivity contribution in [3.8, 4) is 0 Å². The van der Waals surface area contributed by atoms with Gasteiger partial charge in [0.15, 0.2) is 9.84 Å². The minimum atomic E-state index is -2.92. The smallest absolute Gasteiger partial charge is 0.220 e. The van der Waals surface area contributed by atoms with Gasteiger partial charge in [-0.1, -0.05) is 29.3 Å². The quantitative estimate of drug-likeness (QED) is 0.887. The molecule has 116 valence electrons. The van der Waals surface area contributed by atoms with Crippen molar-refractivity contribution in [3.63, 3.8) is 0 Å². The molecule has 0 bridgehead atoms. The molecular weight excluding hydrogens is 333 g/mol. The minimum Gasteiger partial charge on any atom is -0.356 e. The molecule has 0 aromatic heterocycles. The van der Waals surface area contributed by atoms with Gasteiger partial charge in [-0.3, -0.25) is 4.79 Å². The molecule has 7 heteroatoms. The molecule has 4 nitrogen and oxygen atoms in total. The number of amides is 1. The molecule has 1 amide bonds. The van der Waals surface area contributed by atoms with Gasteiger partial charge in [-0.25, -0.2) is 8.42 Å². The highest BCUT2D eigenvalue weighted by molar-refractivity contribution is 7.91. The Morgan fingerprint density at radius 2 is 2.10 bits per heavy atom. The summed E-state index contributed by atoms with van der Waals surface area (Å²) < 4.78 is 22.7. The number of sulfone groups is 1. The van der Waals surface area contributed by atoms with E-state index in [0.29, 0.717) is 29.4 Å². The van der Waals surface area contributed by atoms with Crippen LogP contribution in [0.5, 0.6) is 0 Å². The Kier molecular flexibility index (Phi) is 5.52. The molecule has 1 aromatic carbocycles. The topological polar surface area (TPSA) is 63.2 Å². The normalized spacial score (nSPS) is 20.4. The summed E-state index contributed by atoms with van der Waals surface area (Å²) in [4.78, 5) is 11.8. The van der Waals surface area contributed by atoms with E-state index in [1.165, 1.54) is 0 Å². The Labute approximate surface area is 134 Å². The molecule has 0 saturated carbocycles. The lowest BCUT2D eigenvalue weighted by molar-refractivity contribution is -0.121. The number of benzene rings is 1. The van der Waals surface area contributed by atoms with E-state index in [0.717, 1.165) is 5.56 Å². The third kappa shape index (κ3) is 5.16. The summed E-state index contributed by atoms with van der Waals surface area (Å²) in [7, 11) is -2.92. The van der Waals surface area contributed by atoms with Crippen LogP contribution in [0.3, 0.4) is 0 Å². The first kappa shape index (κ1) is 16.6. The number of nitrogens with one attached hydrogen (secondary N) is 1. The van der Waals surface area contributed by atoms with Crippen LogP contribution in [0.4, 0.5) is 0 Å². The van der Waals surface area contributed by atoms with E-state index < -0.39 is 9.84 Å². The minimum absolute atomic E-state index is 0.0471. The summed E-state index contributed by atoms with van der Waals surface area (Å²) in [5.74, 6) is 0.172. The van der Waals surface area contributed by atoms with E-state index in [2.05, 4.69) is 5.32 Å². The lowest BCUT2D eigenvalue weighted by atomic mass is 10.0. The molecule has 1 aromatic rings. The monoisotopic (exact) mass is 349 g/mol. The lowest BCUT2D eigenvalue weighted by Gasteiger charge is -2.09. The van der Waals surface area contributed by atoms with Gasteiger partial charge in [0, 0.05) is 23.0 Å². The van der Waals surface area contributed by atoms with Crippen LogP contribution in [0.25, 0.3) is 0 Å². The summed E-state index contributed by atoms with van der Waals surface area (Å²) in [5, 5.41) is 3.96. The van der Waals surface area contributed by atoms with E-state index >= 15 is 0 Å². The molecule has 1 aliphatic rings. The van der Waals surface area contributed by atoms with Crippen molar-refractivity contribution in [2.75, 3.05) is 18.1 Å². The number of hydrogen-bond acceptors (Lipinski definition) is 3. The number of halogens is 2. The van der Waals surface area contributed by atoms with Crippen molar-refractivity contribution in [1.29, 1.82) is 0 Å². The van der Waals surface area contributed by atoms with Gasteiger partial charge in [0.25, 0.3) is 0 Å². The molecule has 1 N–H and O–H groups in total. The van der Waals surface area contributed by atoms with Crippen LogP contribution in [-0.2, 0) is 21.1 Å². The number of rotatable bonds is 5. The fraction of sp³-hybridized carbons (Fsp3) is 0.500. The molecule has 1 heterocycles. The number of carbonyl (C=O) groups excluding carboxylic acids is 1. The largest absolute Gasteiger partial charge is 0.356 e. The van der Waals surface area contributed by atoms with Gasteiger partial charge >= 0.3 is 0 Å². The van der Waals surface area contributed by atoms with Crippen LogP contribution in [0.15, 0.2) is 18.2 Å². The maximum Gasteiger partial charge on any atom is 0.220 e. The average molecular weight is 350 g/mol. The second-order valence-corrected chi connectivity index (χ2v) is 8.38. The second kappa shape index (κ2) is 6.99. The first-order chi connectivity index (χ1) is 9.85. The summed E-state index contributed by atoms with van der Waals surface area (Å²) >= 11 is 11.9. The molecule has 1 saturated heterocycles. The fourth-order valence-electron chi connectivity index (χ4n) is 2.43. The Hall–Kier alpha value is -0.780. The highest BCUT2D eigenvalue weighted by atomic mass is 35.5. The molecule has 0 spiro atoms. The van der Waals surface area contributed by atoms with Gasteiger partial charge in [-0.2, -0.15) is 0 Å². The van der Waals surface area contributed by atoms with Crippen molar-refractivity contribution >= 4 is 38.9 Å². The highest BCUT2D eigenvalue weighted by Gasteiger charge is 2.29. The van der Waals surface area contributed by atoms with Crippen molar-refractivity contribution in [2.24, 2.45) is 5.92 Å². The van der Waals surface area contributed by atoms with Crippen LogP contribution in [-0.4, -0.2) is 32.4 Å². The summed E-state index contributed by atoms with van der Waals surface area (Å²) in [6.07, 6.45) is 1.47. The third-order valence-electron chi connectivity index (χ3n) is 3.53. The van der Waals surface area contributed by atoms with Gasteiger partial charge in [0.05, 0.1) is 11.5 Å². The molecular formula is C14H17Cl2NO3S. The first-order valence-electron chi connectivity index (χ1n) is 6.77. The zero-order valence-electron chi connectivity index (χ0n) is 11.4. The van der Waals surface area contributed by atoms with Crippen LogP contribution >= 0.6 is 23.2 Å². The van der Waals surface area contributed by atoms with Crippen LogP contribution < -0.4 is 5.32 Å². The molecule has 1 atom stereocenters. The zero-order valence-corrected chi connectivity index (χ0v) is 13.8. The van der Waals surface area contributed by atoms with Crippen molar-refractivity contribution in [2.45, 2.75) is 19.3 Å². The third-order valence-corrected chi connectivity index (χ3v) is 5.96. The fourth-order valence-corrected chi connectivity index (χ4v) is 4.79. The Morgan fingerprint density at radius 3 is 2.71 bits per heavy atom. The van der Waals surface area contributed by atoms with E-state index in [1.54, 1.807) is 12.1 Å². The maximum absolute atomic E-state index is 11.8. The standard InChI is InChI=1S/C14H17Cl2NO3S/c15-12-2-1-11(13(16)8-12)3-5-17-14(18)7-10-4-6-21(19,20)9-10/h1-2,8,10H,3-7,9H2,(H,17,18)/t10-/m1/s1. The molecule has 21 heavy (non-hydrogen) atoms. The van der Waals surface area contributed by atoms with Gasteiger partial charge in [-0.15, -0.1) is 0 Å². The summed E-state index contributed by atoms with van der Waals surface area (Å²) in [6, 6.07) is 5.26. The van der Waals surface area contributed by atoms with Crippen LogP contribution in [0.2, 0.25) is 10.0 Å². The van der Waals surface area contributed by atoms with Crippen molar-refractivity contribution in [1.82, 2.24) is 5.32 Å². The number of hydrogen-bond donors (Lipinski definition) is 1. The molecule has 0 unspecified atom stereocenters. The van der Waals surface area contributed by atoms with E-state index in [4.69, 9.17) is 23.2 Å². The SMILES string of the molecule is O=C(C[C@H]1CCS(=O)(=O)C1)NCCc1ccc(Cl)cc1Cl. The van der Waals surface area contributed by atoms with E-state index in [-0.39, 0.29) is 29.8 Å². The van der Waals surface area contributed by atoms with Gasteiger partial charge in [0.1, 0.15) is 0 Å². The molecule has 1 fully saturated rings. The predicted molar refractivity (Wildman–Crippen MR) is 84.6 cm³/mol. The lowest BCUT2D eigenvalue weighted by Crippen LogP contribution is -2.28. The maximum atomic E-state index is 11.8. The van der Waals surface area contributed by atoms with Gasteiger partial charge in [-0.05, 0) is 36.5 Å². The number of carbonyl (C=O) groups is 1. The van der Waals surface area contributed by atoms with Crippen molar-refractivity contribution in [3.05, 3.63) is 33.8 Å². The second-order valence-electron chi connectivity index (χ2n) is 5.31. The molecule has 0 aliphatic carbocycles. The van der Waals surface area contributed by atoms with Crippen molar-refractivity contribution < 1.29 is 13.2 Å². The molecule has 1 aliphatic heterocycles. The van der Waals surface area contributed by atoms with Crippen LogP contribution in [0, 0.1) is 5.92 Å². The van der Waals surface area contributed by atoms with Gasteiger partial charge in [0.2, 0.25) is 5.91 Å². The van der Waals surface area contributed by atoms with Gasteiger partial charge < -0.3 is 5.32 Å². The van der Waals surface area contributed by atoms with E-state index in [9.17, 15) is 13.2 Å². The summed E-state index contributed by atoms with van der Waals surface area (Å²) in [5.41, 5.74) is 0.921. The van der Waals surface area contributed by atoms with E-state index in [1.807, 2.05) is 6.07 Å². The average Bonchev–Trinajstić information content (AvgIpc) is 2.71. The molecule has 2 rings (SSSR count). The van der Waals surface area contributed by atoms with Crippen LogP contribution in [0.1, 0.15) is 18.4 Å². The Balaban J connectivity index is 1.74. The highest BCUT2D eigenvalue weighted by Crippen LogP contribution is 2.22. The Bertz CT molecular complexity index is 631. The zero-order chi connectivity index (χ0) is 15.5.